The zero-order chi connectivity index (χ0) is 5.11. The lowest BCUT2D eigenvalue weighted by molar-refractivity contribution is -0.789. The number of rotatable bonds is 1. The Balaban J connectivity index is 2.44. The van der Waals surface area contributed by atoms with Gasteiger partial charge in [-0.1, -0.05) is 16.7 Å². The van der Waals surface area contributed by atoms with Crippen LogP contribution >= 0.6 is 11.6 Å². The van der Waals surface area contributed by atoms with E-state index >= 15 is 0 Å². The van der Waals surface area contributed by atoms with E-state index in [1.165, 1.54) is 6.34 Å². The van der Waals surface area contributed by atoms with Crippen molar-refractivity contribution in [2.45, 2.75) is 0 Å². The van der Waals surface area contributed by atoms with Crippen LogP contribution in [0, 0.1) is 0 Å². The molecule has 7 heavy (non-hydrogen) atoms. The molecular formula is C3H5ClN3+. The minimum absolute atomic E-state index is 0.458. The summed E-state index contributed by atoms with van der Waals surface area (Å²) >= 11 is 5.37. The largest absolute Gasteiger partial charge is 0.217 e. The monoisotopic (exact) mass is 118 g/mol. The van der Waals surface area contributed by atoms with Crippen LogP contribution in [-0.4, -0.2) is 18.7 Å². The Hall–Kier alpha value is -0.410. The number of nitrogens with one attached hydrogen (secondary N) is 1. The van der Waals surface area contributed by atoms with Crippen molar-refractivity contribution in [2.24, 2.45) is 10.1 Å². The lowest BCUT2D eigenvalue weighted by Crippen LogP contribution is -3.04. The third-order valence-electron chi connectivity index (χ3n) is 0.651. The van der Waals surface area contributed by atoms with Gasteiger partial charge in [-0.2, -0.15) is 10.0 Å². The molecule has 0 aliphatic carbocycles. The van der Waals surface area contributed by atoms with Crippen LogP contribution in [0.5, 0.6) is 0 Å². The second-order valence-electron chi connectivity index (χ2n) is 1.15. The summed E-state index contributed by atoms with van der Waals surface area (Å²) in [7, 11) is 0. The van der Waals surface area contributed by atoms with Gasteiger partial charge in [0.15, 0.2) is 12.3 Å². The van der Waals surface area contributed by atoms with Crippen LogP contribution in [0.3, 0.4) is 0 Å². The van der Waals surface area contributed by atoms with E-state index in [0.29, 0.717) is 6.00 Å². The molecule has 0 amide bonds. The van der Waals surface area contributed by atoms with E-state index < -0.39 is 0 Å². The molecule has 3 nitrogen and oxygen atoms in total. The first-order valence-corrected chi connectivity index (χ1v) is 2.44. The lowest BCUT2D eigenvalue weighted by atomic mass is 11.1. The highest BCUT2D eigenvalue weighted by Gasteiger charge is 2.01. The van der Waals surface area contributed by atoms with Gasteiger partial charge in [0.1, 0.15) is 0 Å². The van der Waals surface area contributed by atoms with Crippen LogP contribution in [0.15, 0.2) is 10.1 Å². The number of alkyl halides is 1. The summed E-state index contributed by atoms with van der Waals surface area (Å²) in [5, 5.41) is 4.63. The van der Waals surface area contributed by atoms with Gasteiger partial charge in [0.05, 0.1) is 0 Å². The summed E-state index contributed by atoms with van der Waals surface area (Å²) in [6, 6.07) is 0.458. The van der Waals surface area contributed by atoms with Gasteiger partial charge in [-0.15, -0.1) is 0 Å². The quantitative estimate of drug-likeness (QED) is 0.340. The molecule has 0 saturated heterocycles. The van der Waals surface area contributed by atoms with Gasteiger partial charge in [0, 0.05) is 0 Å². The van der Waals surface area contributed by atoms with Crippen LogP contribution in [0.2, 0.25) is 0 Å². The van der Waals surface area contributed by atoms with Gasteiger partial charge in [0.25, 0.3) is 0 Å². The highest BCUT2D eigenvalue weighted by Crippen LogP contribution is 1.63. The summed E-state index contributed by atoms with van der Waals surface area (Å²) < 4.78 is 0. The molecule has 1 heterocycles. The zero-order valence-electron chi connectivity index (χ0n) is 3.63. The van der Waals surface area contributed by atoms with E-state index in [4.69, 9.17) is 11.6 Å². The Morgan fingerprint density at radius 3 is 2.86 bits per heavy atom. The average Bonchev–Trinajstić information content (AvgIpc) is 2.14. The molecule has 1 aliphatic rings. The Kier molecular flexibility index (Phi) is 1.38. The van der Waals surface area contributed by atoms with Gasteiger partial charge in [0.2, 0.25) is 6.34 Å². The first-order valence-electron chi connectivity index (χ1n) is 1.91. The van der Waals surface area contributed by atoms with Gasteiger partial charge in [-0.05, 0) is 0 Å². The summed E-state index contributed by atoms with van der Waals surface area (Å²) in [6.45, 7) is 0. The molecule has 1 unspecified atom stereocenters. The summed E-state index contributed by atoms with van der Waals surface area (Å²) in [5.74, 6) is 0. The molecule has 1 N–H and O–H groups in total. The summed E-state index contributed by atoms with van der Waals surface area (Å²) in [5.41, 5.74) is 0. The number of nitrogens with zero attached hydrogens (tertiary/aromatic N) is 2. The molecule has 0 radical (unpaired) electrons. The summed E-state index contributed by atoms with van der Waals surface area (Å²) in [6.07, 6.45) is 3.13. The average molecular weight is 119 g/mol. The molecule has 1 atom stereocenters. The maximum atomic E-state index is 5.37. The predicted molar refractivity (Wildman–Crippen MR) is 28.7 cm³/mol. The van der Waals surface area contributed by atoms with Crippen molar-refractivity contribution in [3.63, 3.8) is 0 Å². The van der Waals surface area contributed by atoms with E-state index in [0.717, 1.165) is 5.01 Å². The highest BCUT2D eigenvalue weighted by atomic mass is 35.5. The minimum Gasteiger partial charge on any atom is -0.184 e. The number of aliphatic imine (C=N–C) groups is 1. The van der Waals surface area contributed by atoms with Gasteiger partial charge in [-0.25, -0.2) is 0 Å². The smallest absolute Gasteiger partial charge is 0.184 e. The van der Waals surface area contributed by atoms with Crippen LogP contribution < -0.4 is 5.01 Å². The molecule has 0 spiro atoms. The van der Waals surface area contributed by atoms with Crippen LogP contribution in [0.25, 0.3) is 0 Å². The Morgan fingerprint density at radius 1 is 1.71 bits per heavy atom. The van der Waals surface area contributed by atoms with Gasteiger partial charge < -0.3 is 0 Å². The maximum Gasteiger partial charge on any atom is 0.217 e. The van der Waals surface area contributed by atoms with Crippen molar-refractivity contribution in [1.82, 2.24) is 0 Å². The SMILES string of the molecule is ClC[NH+]1C=NC=N1. The van der Waals surface area contributed by atoms with Gasteiger partial charge >= 0.3 is 0 Å². The van der Waals surface area contributed by atoms with E-state index in [2.05, 4.69) is 10.1 Å². The predicted octanol–water partition coefficient (Wildman–Crippen LogP) is -0.947. The molecule has 0 saturated carbocycles. The Bertz CT molecular complexity index is 96.7. The second-order valence-corrected chi connectivity index (χ2v) is 1.41. The number of hydrogen-bond donors (Lipinski definition) is 1. The fourth-order valence-electron chi connectivity index (χ4n) is 0.329. The van der Waals surface area contributed by atoms with E-state index in [9.17, 15) is 0 Å². The highest BCUT2D eigenvalue weighted by molar-refractivity contribution is 6.17. The lowest BCUT2D eigenvalue weighted by Gasteiger charge is -1.91. The van der Waals surface area contributed by atoms with Crippen molar-refractivity contribution in [2.75, 3.05) is 6.00 Å². The molecule has 0 aromatic carbocycles. The third kappa shape index (κ3) is 0.976. The van der Waals surface area contributed by atoms with Crippen molar-refractivity contribution in [3.05, 3.63) is 0 Å². The van der Waals surface area contributed by atoms with Crippen molar-refractivity contribution >= 4 is 24.3 Å². The molecule has 0 aromatic rings. The van der Waals surface area contributed by atoms with Crippen molar-refractivity contribution in [1.29, 1.82) is 0 Å². The number of halogens is 1. The van der Waals surface area contributed by atoms with E-state index in [-0.39, 0.29) is 0 Å². The fraction of sp³-hybridized carbons (Fsp3) is 0.333. The second kappa shape index (κ2) is 2.04. The number of hydrogen-bond acceptors (Lipinski definition) is 2. The Morgan fingerprint density at radius 2 is 2.57 bits per heavy atom. The molecular weight excluding hydrogens is 114 g/mol. The molecule has 0 fully saturated rings. The van der Waals surface area contributed by atoms with Crippen LogP contribution in [0.4, 0.5) is 0 Å². The topological polar surface area (TPSA) is 29.2 Å². The molecule has 1 rings (SSSR count). The van der Waals surface area contributed by atoms with Crippen molar-refractivity contribution < 1.29 is 5.01 Å². The number of quaternary nitrogens is 1. The molecule has 4 heteroatoms. The van der Waals surface area contributed by atoms with Crippen LogP contribution in [0.1, 0.15) is 0 Å². The molecule has 0 bridgehead atoms. The third-order valence-corrected chi connectivity index (χ3v) is 0.925. The van der Waals surface area contributed by atoms with Crippen molar-refractivity contribution in [3.8, 4) is 0 Å². The molecule has 1 aliphatic heterocycles. The van der Waals surface area contributed by atoms with E-state index in [1.807, 2.05) is 0 Å². The first-order chi connectivity index (χ1) is 3.43. The van der Waals surface area contributed by atoms with Gasteiger partial charge in [-0.3, -0.25) is 0 Å². The molecule has 38 valence electrons. The first kappa shape index (κ1) is 4.74. The minimum atomic E-state index is 0.458. The molecule has 0 aromatic heterocycles. The summed E-state index contributed by atoms with van der Waals surface area (Å²) in [4.78, 5) is 3.70. The van der Waals surface area contributed by atoms with E-state index in [1.54, 1.807) is 6.34 Å². The maximum absolute atomic E-state index is 5.37. The normalized spacial score (nSPS) is 26.7. The zero-order valence-corrected chi connectivity index (χ0v) is 4.39. The van der Waals surface area contributed by atoms with Crippen LogP contribution in [-0.2, 0) is 0 Å². The Labute approximate surface area is 46.3 Å². The fourth-order valence-corrected chi connectivity index (χ4v) is 0.467. The standard InChI is InChI=1S/C3H4ClN3/c4-1-7-3-5-2-6-7/h2-3H,1H2/p+1.